The molecule has 7 heteroatoms. The standard InChI is InChI=1S/C14H18N4OS2/c1-9(13(19)17(2)3)21-14-16-15-12(11-5-4-8-20-11)18(14)10-6-7-10/h4-5,8-10H,6-7H2,1-3H3. The zero-order valence-corrected chi connectivity index (χ0v) is 13.9. The molecule has 1 saturated carbocycles. The van der Waals surface area contributed by atoms with E-state index >= 15 is 0 Å². The van der Waals surface area contributed by atoms with Crippen molar-refractivity contribution in [2.24, 2.45) is 0 Å². The lowest BCUT2D eigenvalue weighted by molar-refractivity contribution is -0.127. The van der Waals surface area contributed by atoms with Crippen LogP contribution in [-0.2, 0) is 4.79 Å². The number of amides is 1. The van der Waals surface area contributed by atoms with Crippen LogP contribution in [0.1, 0.15) is 25.8 Å². The summed E-state index contributed by atoms with van der Waals surface area (Å²) in [4.78, 5) is 14.8. The molecule has 1 fully saturated rings. The molecule has 3 rings (SSSR count). The first kappa shape index (κ1) is 14.6. The van der Waals surface area contributed by atoms with Crippen molar-refractivity contribution in [2.75, 3.05) is 14.1 Å². The fourth-order valence-electron chi connectivity index (χ4n) is 2.17. The molecule has 0 radical (unpaired) electrons. The molecule has 2 aromatic heterocycles. The van der Waals surface area contributed by atoms with Gasteiger partial charge in [-0.15, -0.1) is 21.5 Å². The van der Waals surface area contributed by atoms with Crippen LogP contribution in [-0.4, -0.2) is 44.9 Å². The molecule has 1 aliphatic carbocycles. The number of hydrogen-bond donors (Lipinski definition) is 0. The van der Waals surface area contributed by atoms with Gasteiger partial charge < -0.3 is 4.90 Å². The topological polar surface area (TPSA) is 51.0 Å². The van der Waals surface area contributed by atoms with Crippen molar-refractivity contribution in [1.82, 2.24) is 19.7 Å². The number of rotatable bonds is 5. The molecular formula is C14H18N4OS2. The Hall–Kier alpha value is -1.34. The van der Waals surface area contributed by atoms with Gasteiger partial charge in [-0.3, -0.25) is 9.36 Å². The van der Waals surface area contributed by atoms with Crippen LogP contribution in [0.25, 0.3) is 10.7 Å². The summed E-state index contributed by atoms with van der Waals surface area (Å²) in [6.45, 7) is 1.92. The molecule has 1 aliphatic rings. The lowest BCUT2D eigenvalue weighted by Gasteiger charge is -2.16. The van der Waals surface area contributed by atoms with Gasteiger partial charge in [0.25, 0.3) is 0 Å². The van der Waals surface area contributed by atoms with Crippen LogP contribution in [0.3, 0.4) is 0 Å². The largest absolute Gasteiger partial charge is 0.348 e. The van der Waals surface area contributed by atoms with E-state index in [1.807, 2.05) is 18.4 Å². The van der Waals surface area contributed by atoms with E-state index < -0.39 is 0 Å². The molecule has 0 aromatic carbocycles. The van der Waals surface area contributed by atoms with Crippen molar-refractivity contribution in [2.45, 2.75) is 36.2 Å². The maximum absolute atomic E-state index is 12.0. The number of aromatic nitrogens is 3. The minimum Gasteiger partial charge on any atom is -0.348 e. The van der Waals surface area contributed by atoms with E-state index in [-0.39, 0.29) is 11.2 Å². The minimum absolute atomic E-state index is 0.100. The van der Waals surface area contributed by atoms with Crippen molar-refractivity contribution < 1.29 is 4.79 Å². The average molecular weight is 322 g/mol. The zero-order chi connectivity index (χ0) is 15.0. The fraction of sp³-hybridized carbons (Fsp3) is 0.500. The minimum atomic E-state index is -0.155. The molecule has 2 heterocycles. The fourth-order valence-corrected chi connectivity index (χ4v) is 3.94. The SMILES string of the molecule is CC(Sc1nnc(-c2cccs2)n1C1CC1)C(=O)N(C)C. The summed E-state index contributed by atoms with van der Waals surface area (Å²) in [5, 5.41) is 11.4. The van der Waals surface area contributed by atoms with Gasteiger partial charge in [0.2, 0.25) is 5.91 Å². The number of hydrogen-bond acceptors (Lipinski definition) is 5. The summed E-state index contributed by atoms with van der Waals surface area (Å²) in [6.07, 6.45) is 2.33. The molecule has 1 unspecified atom stereocenters. The molecule has 1 atom stereocenters. The number of nitrogens with zero attached hydrogens (tertiary/aromatic N) is 4. The van der Waals surface area contributed by atoms with E-state index in [1.165, 1.54) is 24.6 Å². The molecule has 21 heavy (non-hydrogen) atoms. The summed E-state index contributed by atoms with van der Waals surface area (Å²) >= 11 is 3.17. The Bertz CT molecular complexity index is 631. The quantitative estimate of drug-likeness (QED) is 0.794. The van der Waals surface area contributed by atoms with E-state index in [1.54, 1.807) is 30.3 Å². The van der Waals surface area contributed by atoms with Crippen molar-refractivity contribution >= 4 is 29.0 Å². The van der Waals surface area contributed by atoms with Gasteiger partial charge in [0, 0.05) is 20.1 Å². The van der Waals surface area contributed by atoms with Crippen molar-refractivity contribution in [1.29, 1.82) is 0 Å². The first-order chi connectivity index (χ1) is 10.1. The maximum Gasteiger partial charge on any atom is 0.235 e. The normalized spacial score (nSPS) is 16.0. The number of carbonyl (C=O) groups excluding carboxylic acids is 1. The third kappa shape index (κ3) is 2.98. The average Bonchev–Trinajstić information content (AvgIpc) is 2.99. The molecule has 0 saturated heterocycles. The Morgan fingerprint density at radius 2 is 2.24 bits per heavy atom. The van der Waals surface area contributed by atoms with E-state index in [9.17, 15) is 4.79 Å². The number of thioether (sulfide) groups is 1. The Kier molecular flexibility index (Phi) is 4.03. The van der Waals surface area contributed by atoms with Gasteiger partial charge in [-0.1, -0.05) is 17.8 Å². The molecule has 0 N–H and O–H groups in total. The Labute approximate surface area is 132 Å². The molecule has 0 bridgehead atoms. The van der Waals surface area contributed by atoms with Crippen molar-refractivity contribution in [3.05, 3.63) is 17.5 Å². The van der Waals surface area contributed by atoms with E-state index in [2.05, 4.69) is 20.8 Å². The Morgan fingerprint density at radius 1 is 1.48 bits per heavy atom. The number of carbonyl (C=O) groups is 1. The molecule has 5 nitrogen and oxygen atoms in total. The highest BCUT2D eigenvalue weighted by atomic mass is 32.2. The molecular weight excluding hydrogens is 304 g/mol. The van der Waals surface area contributed by atoms with Crippen LogP contribution in [0.2, 0.25) is 0 Å². The summed E-state index contributed by atoms with van der Waals surface area (Å²) < 4.78 is 2.20. The lowest BCUT2D eigenvalue weighted by Crippen LogP contribution is -2.29. The van der Waals surface area contributed by atoms with Crippen LogP contribution >= 0.6 is 23.1 Å². The van der Waals surface area contributed by atoms with Crippen LogP contribution in [0.15, 0.2) is 22.7 Å². The Morgan fingerprint density at radius 3 is 2.81 bits per heavy atom. The van der Waals surface area contributed by atoms with Crippen LogP contribution in [0.4, 0.5) is 0 Å². The Balaban J connectivity index is 1.88. The van der Waals surface area contributed by atoms with E-state index in [0.717, 1.165) is 15.9 Å². The monoisotopic (exact) mass is 322 g/mol. The predicted octanol–water partition coefficient (Wildman–Crippen LogP) is 2.91. The highest BCUT2D eigenvalue weighted by Gasteiger charge is 2.31. The van der Waals surface area contributed by atoms with Crippen molar-refractivity contribution in [3.63, 3.8) is 0 Å². The first-order valence-corrected chi connectivity index (χ1v) is 8.70. The van der Waals surface area contributed by atoms with Crippen LogP contribution < -0.4 is 0 Å². The van der Waals surface area contributed by atoms with Gasteiger partial charge in [0.05, 0.1) is 10.1 Å². The van der Waals surface area contributed by atoms with Crippen LogP contribution in [0.5, 0.6) is 0 Å². The smallest absolute Gasteiger partial charge is 0.235 e. The number of thiophene rings is 1. The van der Waals surface area contributed by atoms with Crippen LogP contribution in [0, 0.1) is 0 Å². The van der Waals surface area contributed by atoms with E-state index in [4.69, 9.17) is 0 Å². The third-order valence-electron chi connectivity index (χ3n) is 3.39. The van der Waals surface area contributed by atoms with Gasteiger partial charge in [-0.2, -0.15) is 0 Å². The lowest BCUT2D eigenvalue weighted by atomic mass is 10.4. The molecule has 2 aromatic rings. The second-order valence-corrected chi connectivity index (χ2v) is 7.63. The van der Waals surface area contributed by atoms with Gasteiger partial charge >= 0.3 is 0 Å². The first-order valence-electron chi connectivity index (χ1n) is 6.94. The zero-order valence-electron chi connectivity index (χ0n) is 12.3. The van der Waals surface area contributed by atoms with Gasteiger partial charge in [0.1, 0.15) is 0 Å². The summed E-state index contributed by atoms with van der Waals surface area (Å²) in [5.74, 6) is 1.03. The van der Waals surface area contributed by atoms with Gasteiger partial charge in [0.15, 0.2) is 11.0 Å². The van der Waals surface area contributed by atoms with Gasteiger partial charge in [-0.25, -0.2) is 0 Å². The second-order valence-electron chi connectivity index (χ2n) is 5.38. The molecule has 0 spiro atoms. The summed E-state index contributed by atoms with van der Waals surface area (Å²) in [7, 11) is 3.56. The van der Waals surface area contributed by atoms with E-state index in [0.29, 0.717) is 6.04 Å². The summed E-state index contributed by atoms with van der Waals surface area (Å²) in [6, 6.07) is 4.58. The summed E-state index contributed by atoms with van der Waals surface area (Å²) in [5.41, 5.74) is 0. The maximum atomic E-state index is 12.0. The molecule has 1 amide bonds. The van der Waals surface area contributed by atoms with Crippen molar-refractivity contribution in [3.8, 4) is 10.7 Å². The highest BCUT2D eigenvalue weighted by Crippen LogP contribution is 2.42. The molecule has 0 aliphatic heterocycles. The third-order valence-corrected chi connectivity index (χ3v) is 5.30. The molecule has 112 valence electrons. The second kappa shape index (κ2) is 5.81. The highest BCUT2D eigenvalue weighted by molar-refractivity contribution is 8.00. The van der Waals surface area contributed by atoms with Gasteiger partial charge in [-0.05, 0) is 31.2 Å². The predicted molar refractivity (Wildman–Crippen MR) is 85.6 cm³/mol.